The monoisotopic (exact) mass is 481 g/mol. The van der Waals surface area contributed by atoms with Crippen LogP contribution in [-0.4, -0.2) is 68.5 Å². The van der Waals surface area contributed by atoms with E-state index in [-0.39, 0.29) is 18.5 Å². The van der Waals surface area contributed by atoms with Gasteiger partial charge in [-0.15, -0.1) is 0 Å². The third-order valence-electron chi connectivity index (χ3n) is 6.27. The van der Waals surface area contributed by atoms with Gasteiger partial charge < -0.3 is 23.8 Å². The molecule has 2 aliphatic heterocycles. The van der Waals surface area contributed by atoms with Gasteiger partial charge in [-0.3, -0.25) is 4.79 Å². The number of hydrogen-bond acceptors (Lipinski definition) is 6. The number of hydrogen-bond donors (Lipinski definition) is 0. The van der Waals surface area contributed by atoms with Gasteiger partial charge >= 0.3 is 6.09 Å². The fourth-order valence-corrected chi connectivity index (χ4v) is 4.39. The highest BCUT2D eigenvalue weighted by molar-refractivity contribution is 6.31. The van der Waals surface area contributed by atoms with Crippen molar-refractivity contribution in [3.63, 3.8) is 0 Å². The number of ketones is 1. The number of carbonyl (C=O) groups is 2. The number of amides is 1. The Labute approximate surface area is 201 Å². The fraction of sp³-hybridized carbons (Fsp3) is 0.680. The molecule has 33 heavy (non-hydrogen) atoms. The number of unbranched alkanes of at least 4 members (excludes halogenated alkanes) is 3. The van der Waals surface area contributed by atoms with Gasteiger partial charge in [0.1, 0.15) is 18.0 Å². The maximum atomic E-state index is 12.7. The van der Waals surface area contributed by atoms with Gasteiger partial charge in [-0.2, -0.15) is 0 Å². The summed E-state index contributed by atoms with van der Waals surface area (Å²) >= 11 is 6.17. The first-order chi connectivity index (χ1) is 15.9. The van der Waals surface area contributed by atoms with Crippen molar-refractivity contribution in [3.05, 3.63) is 28.3 Å². The zero-order valence-electron chi connectivity index (χ0n) is 19.8. The van der Waals surface area contributed by atoms with E-state index in [2.05, 4.69) is 6.92 Å². The van der Waals surface area contributed by atoms with Gasteiger partial charge in [0.25, 0.3) is 0 Å². The van der Waals surface area contributed by atoms with Crippen LogP contribution in [0.5, 0.6) is 5.75 Å². The Bertz CT molecular complexity index is 806. The average molecular weight is 482 g/mol. The van der Waals surface area contributed by atoms with Crippen molar-refractivity contribution in [2.45, 2.75) is 64.4 Å². The number of halogens is 1. The molecule has 2 aliphatic rings. The second-order valence-corrected chi connectivity index (χ2v) is 9.28. The topological polar surface area (TPSA) is 74.3 Å². The molecule has 1 aromatic rings. The van der Waals surface area contributed by atoms with E-state index in [1.807, 2.05) is 13.0 Å². The Balaban J connectivity index is 1.32. The van der Waals surface area contributed by atoms with Crippen molar-refractivity contribution in [3.8, 4) is 5.75 Å². The number of benzene rings is 1. The van der Waals surface area contributed by atoms with Gasteiger partial charge in [0, 0.05) is 37.6 Å². The molecule has 7 nitrogen and oxygen atoms in total. The lowest BCUT2D eigenvalue weighted by Gasteiger charge is -2.43. The molecular formula is C25H36ClNO6. The van der Waals surface area contributed by atoms with Crippen LogP contribution in [0.15, 0.2) is 12.1 Å². The second-order valence-electron chi connectivity index (χ2n) is 8.87. The zero-order chi connectivity index (χ0) is 23.7. The predicted molar refractivity (Wildman–Crippen MR) is 126 cm³/mol. The van der Waals surface area contributed by atoms with E-state index in [0.717, 1.165) is 18.6 Å². The molecule has 0 bridgehead atoms. The molecule has 8 heteroatoms. The van der Waals surface area contributed by atoms with Crippen LogP contribution in [0.4, 0.5) is 4.79 Å². The maximum absolute atomic E-state index is 12.7. The number of ether oxygens (including phenoxy) is 4. The molecule has 1 amide bonds. The van der Waals surface area contributed by atoms with Crippen LogP contribution in [0.3, 0.4) is 0 Å². The second kappa shape index (κ2) is 12.6. The quantitative estimate of drug-likeness (QED) is 0.404. The van der Waals surface area contributed by atoms with Gasteiger partial charge in [-0.25, -0.2) is 4.79 Å². The van der Waals surface area contributed by atoms with E-state index < -0.39 is 5.60 Å². The van der Waals surface area contributed by atoms with Crippen LogP contribution in [0, 0.1) is 6.92 Å². The molecule has 0 N–H and O–H groups in total. The molecular weight excluding hydrogens is 446 g/mol. The normalized spacial score (nSPS) is 17.1. The summed E-state index contributed by atoms with van der Waals surface area (Å²) in [5.74, 6) is 0.627. The number of aryl methyl sites for hydroxylation is 1. The summed E-state index contributed by atoms with van der Waals surface area (Å²) in [6.07, 6.45) is 5.87. The van der Waals surface area contributed by atoms with Crippen molar-refractivity contribution in [2.75, 3.05) is 46.1 Å². The van der Waals surface area contributed by atoms with Crippen LogP contribution in [0.1, 0.15) is 67.8 Å². The van der Waals surface area contributed by atoms with E-state index in [1.165, 1.54) is 19.3 Å². The molecule has 0 unspecified atom stereocenters. The predicted octanol–water partition coefficient (Wildman–Crippen LogP) is 5.20. The van der Waals surface area contributed by atoms with Crippen molar-refractivity contribution < 1.29 is 28.5 Å². The number of likely N-dealkylation sites (tertiary alicyclic amines) is 1. The Morgan fingerprint density at radius 2 is 1.76 bits per heavy atom. The van der Waals surface area contributed by atoms with Gasteiger partial charge in [-0.1, -0.05) is 37.8 Å². The summed E-state index contributed by atoms with van der Waals surface area (Å²) in [7, 11) is 0. The number of carbonyl (C=O) groups excluding carboxylic acids is 2. The minimum atomic E-state index is -0.569. The fourth-order valence-electron chi connectivity index (χ4n) is 4.22. The van der Waals surface area contributed by atoms with E-state index in [4.69, 9.17) is 30.5 Å². The summed E-state index contributed by atoms with van der Waals surface area (Å²) in [6.45, 7) is 7.43. The van der Waals surface area contributed by atoms with Gasteiger partial charge in [0.05, 0.1) is 31.8 Å². The SMILES string of the molecule is CCCCCCOCCOCCOC(=O)N1CCC2(CC1)CC(=O)c1cc(Cl)c(C)cc1O2. The maximum Gasteiger partial charge on any atom is 0.409 e. The zero-order valence-corrected chi connectivity index (χ0v) is 20.6. The first kappa shape index (κ1) is 25.8. The molecule has 3 rings (SSSR count). The highest BCUT2D eigenvalue weighted by atomic mass is 35.5. The first-order valence-electron chi connectivity index (χ1n) is 12.0. The number of fused-ring (bicyclic) bond motifs is 1. The van der Waals surface area contributed by atoms with E-state index >= 15 is 0 Å². The molecule has 1 spiro atoms. The van der Waals surface area contributed by atoms with Gasteiger partial charge in [0.2, 0.25) is 0 Å². The highest BCUT2D eigenvalue weighted by Gasteiger charge is 2.44. The standard InChI is InChI=1S/C25H36ClNO6/c1-3-4-5-6-11-30-12-13-31-14-15-32-24(29)27-9-7-25(8-10-27)18-22(28)20-17-21(26)19(2)16-23(20)33-25/h16-17H,3-15,18H2,1-2H3. The lowest BCUT2D eigenvalue weighted by molar-refractivity contribution is -0.0140. The van der Waals surface area contributed by atoms with Crippen molar-refractivity contribution in [1.29, 1.82) is 0 Å². The first-order valence-corrected chi connectivity index (χ1v) is 12.4. The van der Waals surface area contributed by atoms with E-state index in [0.29, 0.717) is 68.5 Å². The highest BCUT2D eigenvalue weighted by Crippen LogP contribution is 2.41. The van der Waals surface area contributed by atoms with E-state index in [9.17, 15) is 9.59 Å². The molecule has 1 fully saturated rings. The lowest BCUT2D eigenvalue weighted by atomic mass is 9.82. The largest absolute Gasteiger partial charge is 0.486 e. The summed E-state index contributed by atoms with van der Waals surface area (Å²) in [4.78, 5) is 26.7. The molecule has 1 aromatic carbocycles. The van der Waals surface area contributed by atoms with Gasteiger partial charge in [0.15, 0.2) is 5.78 Å². The Kier molecular flexibility index (Phi) is 9.83. The molecule has 0 radical (unpaired) electrons. The Morgan fingerprint density at radius 1 is 1.06 bits per heavy atom. The van der Waals surface area contributed by atoms with Crippen LogP contribution >= 0.6 is 11.6 Å². The molecule has 1 saturated heterocycles. The molecule has 0 atom stereocenters. The summed E-state index contributed by atoms with van der Waals surface area (Å²) < 4.78 is 22.6. The smallest absolute Gasteiger partial charge is 0.409 e. The van der Waals surface area contributed by atoms with E-state index in [1.54, 1.807) is 11.0 Å². The minimum absolute atomic E-state index is 0.0382. The van der Waals surface area contributed by atoms with Crippen molar-refractivity contribution in [2.24, 2.45) is 0 Å². The number of Topliss-reactive ketones (excluding diaryl/α,β-unsaturated/α-hetero) is 1. The molecule has 0 aromatic heterocycles. The number of piperidine rings is 1. The minimum Gasteiger partial charge on any atom is -0.486 e. The summed E-state index contributed by atoms with van der Waals surface area (Å²) in [5, 5.41) is 0.568. The molecule has 184 valence electrons. The molecule has 0 saturated carbocycles. The van der Waals surface area contributed by atoms with Crippen LogP contribution in [-0.2, 0) is 14.2 Å². The lowest BCUT2D eigenvalue weighted by Crippen LogP contribution is -2.52. The molecule has 2 heterocycles. The average Bonchev–Trinajstić information content (AvgIpc) is 2.79. The van der Waals surface area contributed by atoms with Crippen molar-refractivity contribution in [1.82, 2.24) is 4.90 Å². The van der Waals surface area contributed by atoms with Gasteiger partial charge in [-0.05, 0) is 31.0 Å². The molecule has 0 aliphatic carbocycles. The van der Waals surface area contributed by atoms with Crippen molar-refractivity contribution >= 4 is 23.5 Å². The summed E-state index contributed by atoms with van der Waals surface area (Å²) in [6, 6.07) is 3.52. The number of nitrogens with zero attached hydrogens (tertiary/aromatic N) is 1. The third kappa shape index (κ3) is 7.33. The van der Waals surface area contributed by atoms with Crippen LogP contribution in [0.25, 0.3) is 0 Å². The Morgan fingerprint density at radius 3 is 2.48 bits per heavy atom. The van der Waals surface area contributed by atoms with Crippen LogP contribution in [0.2, 0.25) is 5.02 Å². The third-order valence-corrected chi connectivity index (χ3v) is 6.68. The number of rotatable bonds is 11. The summed E-state index contributed by atoms with van der Waals surface area (Å²) in [5.41, 5.74) is 0.850. The Hall–Kier alpha value is -1.83. The van der Waals surface area contributed by atoms with Crippen LogP contribution < -0.4 is 4.74 Å².